The molecule has 15 heavy (non-hydrogen) atoms. The van der Waals surface area contributed by atoms with Crippen LogP contribution in [0.1, 0.15) is 54.4 Å². The number of hydrogen-bond acceptors (Lipinski definition) is 3. The lowest BCUT2D eigenvalue weighted by atomic mass is 9.98. The highest BCUT2D eigenvalue weighted by Crippen LogP contribution is 2.38. The number of nitrogens with zero attached hydrogens (tertiary/aromatic N) is 2. The van der Waals surface area contributed by atoms with E-state index in [9.17, 15) is 0 Å². The molecule has 2 rings (SSSR count). The summed E-state index contributed by atoms with van der Waals surface area (Å²) in [5.74, 6) is 2.03. The first kappa shape index (κ1) is 10.6. The van der Waals surface area contributed by atoms with Gasteiger partial charge in [0.25, 0.3) is 0 Å². The van der Waals surface area contributed by atoms with E-state index < -0.39 is 0 Å². The maximum Gasteiger partial charge on any atom is 0.131 e. The van der Waals surface area contributed by atoms with Crippen molar-refractivity contribution in [3.63, 3.8) is 0 Å². The van der Waals surface area contributed by atoms with Crippen molar-refractivity contribution in [2.45, 2.75) is 45.4 Å². The summed E-state index contributed by atoms with van der Waals surface area (Å²) in [6.45, 7) is 6.94. The molecule has 0 spiro atoms. The molecular weight excluding hydrogens is 186 g/mol. The van der Waals surface area contributed by atoms with Crippen molar-refractivity contribution in [1.82, 2.24) is 9.97 Å². The van der Waals surface area contributed by atoms with Crippen molar-refractivity contribution >= 4 is 0 Å². The average Bonchev–Trinajstić information content (AvgIpc) is 2.99. The van der Waals surface area contributed by atoms with Crippen molar-refractivity contribution in [1.29, 1.82) is 0 Å². The molecule has 1 aromatic heterocycles. The summed E-state index contributed by atoms with van der Waals surface area (Å²) >= 11 is 0. The van der Waals surface area contributed by atoms with E-state index in [1.165, 1.54) is 18.4 Å². The number of hydrogen-bond donors (Lipinski definition) is 1. The Labute approximate surface area is 91.1 Å². The molecule has 0 amide bonds. The molecule has 3 nitrogen and oxygen atoms in total. The molecule has 1 aromatic rings. The van der Waals surface area contributed by atoms with E-state index in [1.54, 1.807) is 0 Å². The first-order chi connectivity index (χ1) is 7.13. The van der Waals surface area contributed by atoms with E-state index in [4.69, 9.17) is 5.73 Å². The zero-order chi connectivity index (χ0) is 11.0. The topological polar surface area (TPSA) is 51.8 Å². The van der Waals surface area contributed by atoms with E-state index in [0.29, 0.717) is 18.4 Å². The molecule has 1 heterocycles. The van der Waals surface area contributed by atoms with Gasteiger partial charge in [-0.25, -0.2) is 9.97 Å². The molecule has 1 unspecified atom stereocenters. The second kappa shape index (κ2) is 3.89. The van der Waals surface area contributed by atoms with E-state index in [-0.39, 0.29) is 0 Å². The second-order valence-electron chi connectivity index (χ2n) is 4.58. The first-order valence-corrected chi connectivity index (χ1v) is 5.68. The third-order valence-corrected chi connectivity index (χ3v) is 3.13. The molecule has 1 fully saturated rings. The van der Waals surface area contributed by atoms with Gasteiger partial charge < -0.3 is 5.73 Å². The van der Waals surface area contributed by atoms with Crippen LogP contribution in [0.3, 0.4) is 0 Å². The largest absolute Gasteiger partial charge is 0.330 e. The van der Waals surface area contributed by atoms with Crippen LogP contribution in [-0.2, 0) is 0 Å². The van der Waals surface area contributed by atoms with Crippen molar-refractivity contribution in [2.24, 2.45) is 5.73 Å². The minimum absolute atomic E-state index is 0.359. The lowest BCUT2D eigenvalue weighted by Gasteiger charge is -2.15. The minimum atomic E-state index is 0.359. The van der Waals surface area contributed by atoms with Crippen LogP contribution in [0.5, 0.6) is 0 Å². The smallest absolute Gasteiger partial charge is 0.131 e. The summed E-state index contributed by atoms with van der Waals surface area (Å²) in [7, 11) is 0. The summed E-state index contributed by atoms with van der Waals surface area (Å²) in [5.41, 5.74) is 9.16. The predicted molar refractivity (Wildman–Crippen MR) is 61.0 cm³/mol. The van der Waals surface area contributed by atoms with Gasteiger partial charge in [-0.2, -0.15) is 0 Å². The van der Waals surface area contributed by atoms with Gasteiger partial charge in [-0.1, -0.05) is 6.92 Å². The Bertz CT molecular complexity index is 346. The Balaban J connectivity index is 2.39. The maximum atomic E-state index is 5.70. The van der Waals surface area contributed by atoms with Gasteiger partial charge in [-0.3, -0.25) is 0 Å². The zero-order valence-electron chi connectivity index (χ0n) is 9.75. The Kier molecular flexibility index (Phi) is 2.74. The normalized spacial score (nSPS) is 17.9. The van der Waals surface area contributed by atoms with Gasteiger partial charge in [0.05, 0.1) is 0 Å². The highest BCUT2D eigenvalue weighted by Gasteiger charge is 2.27. The van der Waals surface area contributed by atoms with E-state index >= 15 is 0 Å². The SMILES string of the molecule is Cc1nc(C2CC2)nc(C)c1C(C)CN. The van der Waals surface area contributed by atoms with Gasteiger partial charge in [0.2, 0.25) is 0 Å². The minimum Gasteiger partial charge on any atom is -0.330 e. The van der Waals surface area contributed by atoms with Crippen LogP contribution in [0.2, 0.25) is 0 Å². The fourth-order valence-electron chi connectivity index (χ4n) is 2.11. The number of aromatic nitrogens is 2. The van der Waals surface area contributed by atoms with E-state index in [1.807, 2.05) is 0 Å². The Morgan fingerprint density at radius 1 is 1.27 bits per heavy atom. The quantitative estimate of drug-likeness (QED) is 0.821. The number of nitrogens with two attached hydrogens (primary N) is 1. The molecule has 2 N–H and O–H groups in total. The lowest BCUT2D eigenvalue weighted by molar-refractivity contribution is 0.730. The van der Waals surface area contributed by atoms with Gasteiger partial charge in [0.1, 0.15) is 5.82 Å². The molecule has 82 valence electrons. The molecule has 1 aliphatic rings. The maximum absolute atomic E-state index is 5.70. The summed E-state index contributed by atoms with van der Waals surface area (Å²) in [5, 5.41) is 0. The van der Waals surface area contributed by atoms with Crippen LogP contribution in [0, 0.1) is 13.8 Å². The van der Waals surface area contributed by atoms with Gasteiger partial charge in [0.15, 0.2) is 0 Å². The average molecular weight is 205 g/mol. The van der Waals surface area contributed by atoms with E-state index in [2.05, 4.69) is 30.7 Å². The molecule has 3 heteroatoms. The Morgan fingerprint density at radius 2 is 1.80 bits per heavy atom. The molecule has 0 aromatic carbocycles. The highest BCUT2D eigenvalue weighted by atomic mass is 14.9. The van der Waals surface area contributed by atoms with Crippen LogP contribution in [0.15, 0.2) is 0 Å². The van der Waals surface area contributed by atoms with Crippen molar-refractivity contribution in [3.8, 4) is 0 Å². The molecule has 0 aliphatic heterocycles. The van der Waals surface area contributed by atoms with Gasteiger partial charge in [-0.15, -0.1) is 0 Å². The van der Waals surface area contributed by atoms with Gasteiger partial charge >= 0.3 is 0 Å². The summed E-state index contributed by atoms with van der Waals surface area (Å²) in [6, 6.07) is 0. The van der Waals surface area contributed by atoms with Crippen molar-refractivity contribution in [2.75, 3.05) is 6.54 Å². The zero-order valence-corrected chi connectivity index (χ0v) is 9.75. The fourth-order valence-corrected chi connectivity index (χ4v) is 2.11. The van der Waals surface area contributed by atoms with Crippen LogP contribution in [-0.4, -0.2) is 16.5 Å². The molecule has 0 saturated heterocycles. The second-order valence-corrected chi connectivity index (χ2v) is 4.58. The van der Waals surface area contributed by atoms with Gasteiger partial charge in [0, 0.05) is 17.3 Å². The number of rotatable bonds is 3. The van der Waals surface area contributed by atoms with Crippen LogP contribution < -0.4 is 5.73 Å². The van der Waals surface area contributed by atoms with Gasteiger partial charge in [-0.05, 0) is 44.7 Å². The molecule has 1 atom stereocenters. The van der Waals surface area contributed by atoms with Crippen LogP contribution >= 0.6 is 0 Å². The monoisotopic (exact) mass is 205 g/mol. The fraction of sp³-hybridized carbons (Fsp3) is 0.667. The summed E-state index contributed by atoms with van der Waals surface area (Å²) in [6.07, 6.45) is 2.51. The molecule has 0 radical (unpaired) electrons. The lowest BCUT2D eigenvalue weighted by Crippen LogP contribution is -2.14. The third kappa shape index (κ3) is 2.02. The standard InChI is InChI=1S/C12H19N3/c1-7(6-13)11-8(2)14-12(10-4-5-10)15-9(11)3/h7,10H,4-6,13H2,1-3H3. The molecule has 1 saturated carbocycles. The number of aryl methyl sites for hydroxylation is 2. The summed E-state index contributed by atoms with van der Waals surface area (Å²) in [4.78, 5) is 9.20. The third-order valence-electron chi connectivity index (χ3n) is 3.13. The summed E-state index contributed by atoms with van der Waals surface area (Å²) < 4.78 is 0. The van der Waals surface area contributed by atoms with Crippen LogP contribution in [0.4, 0.5) is 0 Å². The first-order valence-electron chi connectivity index (χ1n) is 5.68. The molecular formula is C12H19N3. The highest BCUT2D eigenvalue weighted by molar-refractivity contribution is 5.29. The molecule has 1 aliphatic carbocycles. The molecule has 0 bridgehead atoms. The Morgan fingerprint density at radius 3 is 2.20 bits per heavy atom. The predicted octanol–water partition coefficient (Wildman–Crippen LogP) is 2.03. The van der Waals surface area contributed by atoms with E-state index in [0.717, 1.165) is 17.2 Å². The van der Waals surface area contributed by atoms with Crippen molar-refractivity contribution < 1.29 is 0 Å². The Hall–Kier alpha value is -0.960. The van der Waals surface area contributed by atoms with Crippen molar-refractivity contribution in [3.05, 3.63) is 22.8 Å². The van der Waals surface area contributed by atoms with Crippen LogP contribution in [0.25, 0.3) is 0 Å².